The third kappa shape index (κ3) is 4.12. The number of nitrogens with zero attached hydrogens (tertiary/aromatic N) is 3. The van der Waals surface area contributed by atoms with Crippen LogP contribution in [-0.4, -0.2) is 82.8 Å². The van der Waals surface area contributed by atoms with E-state index >= 15 is 0 Å². The Hall–Kier alpha value is -1.93. The number of nitrogens with one attached hydrogen (secondary N) is 2. The van der Waals surface area contributed by atoms with Gasteiger partial charge in [0.05, 0.1) is 18.7 Å². The van der Waals surface area contributed by atoms with Crippen molar-refractivity contribution in [1.29, 1.82) is 0 Å². The Labute approximate surface area is 142 Å². The largest absolute Gasteiger partial charge is 0.390 e. The molecule has 1 fully saturated rings. The van der Waals surface area contributed by atoms with Gasteiger partial charge in [-0.1, -0.05) is 6.92 Å². The third-order valence-corrected chi connectivity index (χ3v) is 4.52. The Kier molecular flexibility index (Phi) is 5.95. The molecule has 0 bridgehead atoms. The van der Waals surface area contributed by atoms with Gasteiger partial charge < -0.3 is 15.3 Å². The minimum atomic E-state index is -0.706. The number of rotatable bonds is 5. The van der Waals surface area contributed by atoms with Crippen LogP contribution in [0.15, 0.2) is 0 Å². The molecule has 1 aliphatic heterocycles. The van der Waals surface area contributed by atoms with Crippen molar-refractivity contribution in [2.45, 2.75) is 38.8 Å². The summed E-state index contributed by atoms with van der Waals surface area (Å²) in [5, 5.41) is 20.1. The molecule has 2 heterocycles. The summed E-state index contributed by atoms with van der Waals surface area (Å²) >= 11 is 0. The number of likely N-dealkylation sites (tertiary alicyclic amines) is 1. The summed E-state index contributed by atoms with van der Waals surface area (Å²) in [5.74, 6) is -0.269. The Morgan fingerprint density at radius 1 is 1.46 bits per heavy atom. The first-order chi connectivity index (χ1) is 11.3. The van der Waals surface area contributed by atoms with Crippen molar-refractivity contribution in [3.05, 3.63) is 17.0 Å². The summed E-state index contributed by atoms with van der Waals surface area (Å²) in [7, 11) is 3.42. The van der Waals surface area contributed by atoms with Gasteiger partial charge in [0, 0.05) is 38.4 Å². The van der Waals surface area contributed by atoms with Gasteiger partial charge >= 0.3 is 0 Å². The van der Waals surface area contributed by atoms with Crippen molar-refractivity contribution in [2.24, 2.45) is 0 Å². The second-order valence-corrected chi connectivity index (χ2v) is 6.49. The number of carbonyl (C=O) groups is 2. The fourth-order valence-electron chi connectivity index (χ4n) is 2.88. The van der Waals surface area contributed by atoms with Crippen LogP contribution in [0.1, 0.15) is 35.1 Å². The normalized spacial score (nSPS) is 21.5. The van der Waals surface area contributed by atoms with E-state index in [0.717, 1.165) is 17.7 Å². The maximum atomic E-state index is 12.4. The highest BCUT2D eigenvalue weighted by atomic mass is 16.3. The molecule has 0 saturated carbocycles. The quantitative estimate of drug-likeness (QED) is 0.674. The first kappa shape index (κ1) is 18.4. The second-order valence-electron chi connectivity index (χ2n) is 6.49. The molecule has 1 aromatic heterocycles. The number of hydrogen-bond donors (Lipinski definition) is 3. The minimum absolute atomic E-state index is 0.00364. The molecule has 2 amide bonds. The molecule has 8 nitrogen and oxygen atoms in total. The first-order valence-electron chi connectivity index (χ1n) is 8.28. The standard InChI is InChI=1S/C16H27N5O3/c1-5-11-10(2)15(19-18-11)16(24)17-12-6-7-21(8-13(12)22)9-14(23)20(3)4/h12-13,22H,5-9H2,1-4H3,(H,17,24)(H,18,19)/t12-,13-/m1/s1. The topological polar surface area (TPSA) is 102 Å². The molecule has 0 radical (unpaired) electrons. The third-order valence-electron chi connectivity index (χ3n) is 4.52. The molecule has 0 aromatic carbocycles. The summed E-state index contributed by atoms with van der Waals surface area (Å²) in [5.41, 5.74) is 2.17. The van der Waals surface area contributed by atoms with E-state index in [9.17, 15) is 14.7 Å². The summed E-state index contributed by atoms with van der Waals surface area (Å²) in [6, 6.07) is -0.329. The summed E-state index contributed by atoms with van der Waals surface area (Å²) in [4.78, 5) is 27.6. The molecular weight excluding hydrogens is 310 g/mol. The van der Waals surface area contributed by atoms with E-state index in [1.807, 2.05) is 18.7 Å². The van der Waals surface area contributed by atoms with Crippen LogP contribution in [0, 0.1) is 6.92 Å². The molecule has 0 aliphatic carbocycles. The van der Waals surface area contributed by atoms with Crippen molar-refractivity contribution in [1.82, 2.24) is 25.3 Å². The number of aromatic nitrogens is 2. The van der Waals surface area contributed by atoms with Crippen molar-refractivity contribution in [2.75, 3.05) is 33.7 Å². The van der Waals surface area contributed by atoms with Crippen LogP contribution in [0.5, 0.6) is 0 Å². The van der Waals surface area contributed by atoms with Crippen LogP contribution < -0.4 is 5.32 Å². The van der Waals surface area contributed by atoms with E-state index in [-0.39, 0.29) is 24.4 Å². The average molecular weight is 337 g/mol. The van der Waals surface area contributed by atoms with E-state index in [1.165, 1.54) is 4.90 Å². The molecule has 24 heavy (non-hydrogen) atoms. The first-order valence-corrected chi connectivity index (χ1v) is 8.28. The zero-order chi connectivity index (χ0) is 17.9. The van der Waals surface area contributed by atoms with E-state index in [0.29, 0.717) is 25.2 Å². The number of hydrogen-bond acceptors (Lipinski definition) is 5. The highest BCUT2D eigenvalue weighted by Gasteiger charge is 2.31. The second kappa shape index (κ2) is 7.76. The van der Waals surface area contributed by atoms with E-state index in [2.05, 4.69) is 15.5 Å². The Balaban J connectivity index is 1.91. The van der Waals surface area contributed by atoms with Gasteiger partial charge in [-0.05, 0) is 19.8 Å². The summed E-state index contributed by atoms with van der Waals surface area (Å²) < 4.78 is 0. The summed E-state index contributed by atoms with van der Waals surface area (Å²) in [6.45, 7) is 5.16. The zero-order valence-electron chi connectivity index (χ0n) is 14.8. The Morgan fingerprint density at radius 3 is 2.71 bits per heavy atom. The fraction of sp³-hybridized carbons (Fsp3) is 0.688. The van der Waals surface area contributed by atoms with Crippen LogP contribution in [0.25, 0.3) is 0 Å². The maximum absolute atomic E-state index is 12.4. The van der Waals surface area contributed by atoms with E-state index in [4.69, 9.17) is 0 Å². The van der Waals surface area contributed by atoms with Crippen LogP contribution >= 0.6 is 0 Å². The number of piperidine rings is 1. The van der Waals surface area contributed by atoms with Crippen molar-refractivity contribution in [3.63, 3.8) is 0 Å². The summed E-state index contributed by atoms with van der Waals surface area (Å²) in [6.07, 6.45) is 0.674. The predicted molar refractivity (Wildman–Crippen MR) is 89.7 cm³/mol. The predicted octanol–water partition coefficient (Wildman–Crippen LogP) is -0.466. The lowest BCUT2D eigenvalue weighted by Crippen LogP contribution is -2.55. The number of H-pyrrole nitrogens is 1. The monoisotopic (exact) mass is 337 g/mol. The van der Waals surface area contributed by atoms with Gasteiger partial charge in [0.25, 0.3) is 5.91 Å². The van der Waals surface area contributed by atoms with Gasteiger partial charge in [-0.2, -0.15) is 5.10 Å². The number of carbonyl (C=O) groups excluding carboxylic acids is 2. The zero-order valence-corrected chi connectivity index (χ0v) is 14.8. The smallest absolute Gasteiger partial charge is 0.272 e. The highest BCUT2D eigenvalue weighted by molar-refractivity contribution is 5.94. The molecule has 3 N–H and O–H groups in total. The maximum Gasteiger partial charge on any atom is 0.272 e. The van der Waals surface area contributed by atoms with Gasteiger partial charge in [-0.15, -0.1) is 0 Å². The molecule has 1 aromatic rings. The molecule has 1 saturated heterocycles. The van der Waals surface area contributed by atoms with E-state index < -0.39 is 6.10 Å². The molecule has 2 atom stereocenters. The Bertz CT molecular complexity index is 599. The fourth-order valence-corrected chi connectivity index (χ4v) is 2.88. The van der Waals surface area contributed by atoms with E-state index in [1.54, 1.807) is 14.1 Å². The molecule has 134 valence electrons. The molecule has 8 heteroatoms. The van der Waals surface area contributed by atoms with Crippen LogP contribution in [-0.2, 0) is 11.2 Å². The van der Waals surface area contributed by atoms with Crippen molar-refractivity contribution < 1.29 is 14.7 Å². The van der Waals surface area contributed by atoms with Gasteiger partial charge in [-0.25, -0.2) is 0 Å². The highest BCUT2D eigenvalue weighted by Crippen LogP contribution is 2.14. The van der Waals surface area contributed by atoms with Crippen LogP contribution in [0.4, 0.5) is 0 Å². The van der Waals surface area contributed by atoms with Gasteiger partial charge in [0.2, 0.25) is 5.91 Å². The van der Waals surface area contributed by atoms with Gasteiger partial charge in [-0.3, -0.25) is 19.6 Å². The molecule has 2 rings (SSSR count). The number of aryl methyl sites for hydroxylation is 1. The van der Waals surface area contributed by atoms with Crippen molar-refractivity contribution in [3.8, 4) is 0 Å². The molecular formula is C16H27N5O3. The molecule has 0 unspecified atom stereocenters. The van der Waals surface area contributed by atoms with Crippen LogP contribution in [0.2, 0.25) is 0 Å². The number of amides is 2. The van der Waals surface area contributed by atoms with Crippen molar-refractivity contribution >= 4 is 11.8 Å². The molecule has 0 spiro atoms. The van der Waals surface area contributed by atoms with Gasteiger partial charge in [0.1, 0.15) is 0 Å². The SMILES string of the molecule is CCc1[nH]nc(C(=O)N[C@@H]2CCN(CC(=O)N(C)C)C[C@H]2O)c1C. The minimum Gasteiger partial charge on any atom is -0.390 e. The lowest BCUT2D eigenvalue weighted by atomic mass is 10.0. The number of aliphatic hydroxyl groups excluding tert-OH is 1. The average Bonchev–Trinajstić information content (AvgIpc) is 2.90. The number of likely N-dealkylation sites (N-methyl/N-ethyl adjacent to an activating group) is 1. The van der Waals surface area contributed by atoms with Crippen LogP contribution in [0.3, 0.4) is 0 Å². The lowest BCUT2D eigenvalue weighted by molar-refractivity contribution is -0.130. The Morgan fingerprint density at radius 2 is 2.17 bits per heavy atom. The number of β-amino-alcohol motifs (C(OH)–C–C–N with tert-alkyl or cyclic N) is 1. The lowest BCUT2D eigenvalue weighted by Gasteiger charge is -2.36. The number of aromatic amines is 1. The molecule has 1 aliphatic rings. The van der Waals surface area contributed by atoms with Gasteiger partial charge in [0.15, 0.2) is 5.69 Å². The number of aliphatic hydroxyl groups is 1.